The van der Waals surface area contributed by atoms with Gasteiger partial charge in [-0.15, -0.1) is 5.10 Å². The van der Waals surface area contributed by atoms with E-state index in [-0.39, 0.29) is 15.5 Å². The van der Waals surface area contributed by atoms with Gasteiger partial charge < -0.3 is 5.32 Å². The van der Waals surface area contributed by atoms with Crippen molar-refractivity contribution >= 4 is 45.0 Å². The quantitative estimate of drug-likeness (QED) is 0.542. The average molecular weight is 479 g/mol. The fraction of sp³-hybridized carbons (Fsp3) is 0.263. The van der Waals surface area contributed by atoms with Crippen LogP contribution in [-0.2, 0) is 10.0 Å². The largest absolute Gasteiger partial charge is 0.322 e. The summed E-state index contributed by atoms with van der Waals surface area (Å²) in [6, 6.07) is 11.2. The number of sulfonamides is 1. The minimum atomic E-state index is -3.66. The van der Waals surface area contributed by atoms with Gasteiger partial charge in [0.05, 0.1) is 21.2 Å². The van der Waals surface area contributed by atoms with Gasteiger partial charge in [-0.3, -0.25) is 4.79 Å². The van der Waals surface area contributed by atoms with Crippen LogP contribution in [0.4, 0.5) is 5.69 Å². The van der Waals surface area contributed by atoms with E-state index in [4.69, 9.17) is 11.6 Å². The molecule has 1 aliphatic rings. The molecule has 0 radical (unpaired) electrons. The van der Waals surface area contributed by atoms with E-state index in [0.29, 0.717) is 29.6 Å². The molecular weight excluding hydrogens is 460 g/mol. The molecule has 2 aromatic carbocycles. The Bertz CT molecular complexity index is 1220. The molecule has 0 unspecified atom stereocenters. The number of tetrazole rings is 1. The molecule has 0 atom stereocenters. The zero-order chi connectivity index (χ0) is 22.0. The summed E-state index contributed by atoms with van der Waals surface area (Å²) in [5.74, 6) is -0.512. The number of nitrogens with one attached hydrogen (secondary N) is 1. The third-order valence-corrected chi connectivity index (χ3v) is 7.70. The minimum Gasteiger partial charge on any atom is -0.322 e. The lowest BCUT2D eigenvalue weighted by Gasteiger charge is -2.16. The molecule has 1 saturated heterocycles. The maximum absolute atomic E-state index is 12.9. The van der Waals surface area contributed by atoms with Gasteiger partial charge in [0.15, 0.2) is 0 Å². The van der Waals surface area contributed by atoms with E-state index in [9.17, 15) is 13.2 Å². The summed E-state index contributed by atoms with van der Waals surface area (Å²) < 4.78 is 28.7. The normalized spacial score (nSPS) is 14.6. The van der Waals surface area contributed by atoms with Crippen LogP contribution >= 0.6 is 23.4 Å². The Morgan fingerprint density at radius 1 is 1.16 bits per heavy atom. The highest BCUT2D eigenvalue weighted by Gasteiger charge is 2.28. The number of carbonyl (C=O) groups is 1. The van der Waals surface area contributed by atoms with Crippen LogP contribution in [0.2, 0.25) is 5.02 Å². The van der Waals surface area contributed by atoms with E-state index in [1.807, 2.05) is 12.3 Å². The van der Waals surface area contributed by atoms with Crippen LogP contribution in [0.5, 0.6) is 0 Å². The molecule has 12 heteroatoms. The van der Waals surface area contributed by atoms with Gasteiger partial charge in [-0.05, 0) is 65.9 Å². The van der Waals surface area contributed by atoms with Crippen molar-refractivity contribution in [3.05, 3.63) is 53.1 Å². The first-order valence-electron chi connectivity index (χ1n) is 9.44. The number of carbonyl (C=O) groups excluding carboxylic acids is 1. The molecule has 1 amide bonds. The molecule has 4 rings (SSSR count). The lowest BCUT2D eigenvalue weighted by Crippen LogP contribution is -2.28. The maximum Gasteiger partial charge on any atom is 0.257 e. The van der Waals surface area contributed by atoms with E-state index in [1.165, 1.54) is 34.3 Å². The Balaban J connectivity index is 1.60. The molecule has 0 saturated carbocycles. The number of benzene rings is 2. The highest BCUT2D eigenvalue weighted by Crippen LogP contribution is 2.26. The topological polar surface area (TPSA) is 110 Å². The number of anilines is 1. The number of hydrogen-bond donors (Lipinski definition) is 1. The number of hydrogen-bond acceptors (Lipinski definition) is 7. The smallest absolute Gasteiger partial charge is 0.257 e. The maximum atomic E-state index is 12.9. The van der Waals surface area contributed by atoms with Crippen LogP contribution in [0.15, 0.2) is 52.5 Å². The lowest BCUT2D eigenvalue weighted by atomic mass is 10.2. The Labute approximate surface area is 188 Å². The van der Waals surface area contributed by atoms with Gasteiger partial charge in [-0.1, -0.05) is 29.4 Å². The van der Waals surface area contributed by atoms with E-state index >= 15 is 0 Å². The SMILES string of the molecule is CSc1nnnn1-c1cccc(NC(=O)c2cc(S(=O)(=O)N3CCCC3)ccc2Cl)c1. The second kappa shape index (κ2) is 8.95. The highest BCUT2D eigenvalue weighted by atomic mass is 35.5. The predicted molar refractivity (Wildman–Crippen MR) is 118 cm³/mol. The summed E-state index contributed by atoms with van der Waals surface area (Å²) in [6.45, 7) is 0.961. The van der Waals surface area contributed by atoms with Crippen LogP contribution in [0.3, 0.4) is 0 Å². The van der Waals surface area contributed by atoms with E-state index in [1.54, 1.807) is 22.9 Å². The van der Waals surface area contributed by atoms with Crippen molar-refractivity contribution in [2.75, 3.05) is 24.7 Å². The van der Waals surface area contributed by atoms with Crippen LogP contribution < -0.4 is 5.32 Å². The van der Waals surface area contributed by atoms with E-state index in [0.717, 1.165) is 12.8 Å². The predicted octanol–water partition coefficient (Wildman–Crippen LogP) is 3.07. The molecule has 0 aliphatic carbocycles. The zero-order valence-electron chi connectivity index (χ0n) is 16.5. The molecule has 1 aliphatic heterocycles. The molecule has 1 aromatic heterocycles. The minimum absolute atomic E-state index is 0.0519. The Morgan fingerprint density at radius 3 is 2.68 bits per heavy atom. The zero-order valence-corrected chi connectivity index (χ0v) is 18.9. The third kappa shape index (κ3) is 4.45. The van der Waals surface area contributed by atoms with Crippen molar-refractivity contribution in [2.45, 2.75) is 22.9 Å². The molecule has 1 fully saturated rings. The summed E-state index contributed by atoms with van der Waals surface area (Å²) in [7, 11) is -3.66. The molecule has 162 valence electrons. The second-order valence-electron chi connectivity index (χ2n) is 6.83. The molecule has 0 spiro atoms. The molecule has 3 aromatic rings. The molecule has 31 heavy (non-hydrogen) atoms. The summed E-state index contributed by atoms with van der Waals surface area (Å²) in [5.41, 5.74) is 1.25. The van der Waals surface area contributed by atoms with E-state index < -0.39 is 15.9 Å². The molecule has 9 nitrogen and oxygen atoms in total. The third-order valence-electron chi connectivity index (χ3n) is 4.86. The molecule has 2 heterocycles. The summed E-state index contributed by atoms with van der Waals surface area (Å²) in [4.78, 5) is 13.0. The van der Waals surface area contributed by atoms with Crippen molar-refractivity contribution in [3.63, 3.8) is 0 Å². The highest BCUT2D eigenvalue weighted by molar-refractivity contribution is 7.98. The summed E-state index contributed by atoms with van der Waals surface area (Å²) in [6.07, 6.45) is 3.52. The number of rotatable bonds is 6. The Kier molecular flexibility index (Phi) is 6.28. The van der Waals surface area contributed by atoms with Crippen molar-refractivity contribution < 1.29 is 13.2 Å². The van der Waals surface area contributed by atoms with Gasteiger partial charge in [0.2, 0.25) is 15.2 Å². The fourth-order valence-corrected chi connectivity index (χ4v) is 5.48. The lowest BCUT2D eigenvalue weighted by molar-refractivity contribution is 0.102. The molecule has 0 bridgehead atoms. The van der Waals surface area contributed by atoms with Gasteiger partial charge in [0.25, 0.3) is 5.91 Å². The molecule has 1 N–H and O–H groups in total. The second-order valence-corrected chi connectivity index (χ2v) is 9.95. The van der Waals surface area contributed by atoms with Crippen molar-refractivity contribution in [2.24, 2.45) is 0 Å². The number of nitrogens with zero attached hydrogens (tertiary/aromatic N) is 5. The van der Waals surface area contributed by atoms with Gasteiger partial charge in [0, 0.05) is 18.8 Å². The van der Waals surface area contributed by atoms with Gasteiger partial charge in [0.1, 0.15) is 0 Å². The standard InChI is InChI=1S/C19H19ClN6O3S2/c1-30-19-22-23-24-26(19)14-6-4-5-13(11-14)21-18(27)16-12-15(7-8-17(16)20)31(28,29)25-9-2-3-10-25/h4-8,11-12H,2-3,9-10H2,1H3,(H,21,27). The first-order chi connectivity index (χ1) is 14.9. The number of aromatic nitrogens is 4. The fourth-order valence-electron chi connectivity index (χ4n) is 3.30. The van der Waals surface area contributed by atoms with Gasteiger partial charge in [-0.2, -0.15) is 8.99 Å². The van der Waals surface area contributed by atoms with Crippen LogP contribution in [-0.4, -0.2) is 58.2 Å². The summed E-state index contributed by atoms with van der Waals surface area (Å²) >= 11 is 7.61. The Morgan fingerprint density at radius 2 is 1.94 bits per heavy atom. The average Bonchev–Trinajstić information content (AvgIpc) is 3.46. The molecular formula is C19H19ClN6O3S2. The van der Waals surface area contributed by atoms with E-state index in [2.05, 4.69) is 20.8 Å². The first kappa shape index (κ1) is 21.8. The number of amides is 1. The number of thioether (sulfide) groups is 1. The van der Waals surface area contributed by atoms with Crippen LogP contribution in [0, 0.1) is 0 Å². The van der Waals surface area contributed by atoms with Crippen LogP contribution in [0.25, 0.3) is 5.69 Å². The van der Waals surface area contributed by atoms with Crippen molar-refractivity contribution in [1.29, 1.82) is 0 Å². The monoisotopic (exact) mass is 478 g/mol. The first-order valence-corrected chi connectivity index (χ1v) is 12.5. The Hall–Kier alpha value is -2.47. The number of halogens is 1. The van der Waals surface area contributed by atoms with Crippen molar-refractivity contribution in [3.8, 4) is 5.69 Å². The van der Waals surface area contributed by atoms with Gasteiger partial charge in [-0.25, -0.2) is 8.42 Å². The van der Waals surface area contributed by atoms with Crippen molar-refractivity contribution in [1.82, 2.24) is 24.5 Å². The van der Waals surface area contributed by atoms with Crippen LogP contribution in [0.1, 0.15) is 23.2 Å². The van der Waals surface area contributed by atoms with Gasteiger partial charge >= 0.3 is 0 Å². The summed E-state index contributed by atoms with van der Waals surface area (Å²) in [5, 5.41) is 15.1.